The molecule has 0 atom stereocenters. The van der Waals surface area contributed by atoms with E-state index in [2.05, 4.69) is 40.2 Å². The Morgan fingerprint density at radius 2 is 1.90 bits per heavy atom. The van der Waals surface area contributed by atoms with Gasteiger partial charge in [-0.3, -0.25) is 4.79 Å². The third kappa shape index (κ3) is 2.74. The molecular formula is C17H14BrNOS. The second-order valence-electron chi connectivity index (χ2n) is 4.68. The molecular weight excluding hydrogens is 346 g/mol. The Bertz CT molecular complexity index is 796. The number of amides is 1. The summed E-state index contributed by atoms with van der Waals surface area (Å²) < 4.78 is 0.858. The SMILES string of the molecule is CCN(C(=O)c1sccc1Br)c1ccc2ccccc2c1. The van der Waals surface area contributed by atoms with Gasteiger partial charge in [0.1, 0.15) is 4.88 Å². The van der Waals surface area contributed by atoms with E-state index in [1.807, 2.05) is 41.5 Å². The lowest BCUT2D eigenvalue weighted by molar-refractivity contribution is 0.0991. The molecule has 1 heterocycles. The number of thiophene rings is 1. The number of carbonyl (C=O) groups is 1. The summed E-state index contributed by atoms with van der Waals surface area (Å²) in [5, 5.41) is 4.25. The molecule has 0 fully saturated rings. The van der Waals surface area contributed by atoms with Crippen LogP contribution in [0.4, 0.5) is 5.69 Å². The van der Waals surface area contributed by atoms with Gasteiger partial charge in [-0.05, 0) is 57.2 Å². The number of benzene rings is 2. The Kier molecular flexibility index (Phi) is 4.08. The number of hydrogen-bond donors (Lipinski definition) is 0. The molecule has 106 valence electrons. The first kappa shape index (κ1) is 14.3. The van der Waals surface area contributed by atoms with Crippen LogP contribution in [0.3, 0.4) is 0 Å². The Hall–Kier alpha value is -1.65. The zero-order valence-electron chi connectivity index (χ0n) is 11.5. The fourth-order valence-electron chi connectivity index (χ4n) is 2.36. The number of nitrogens with zero attached hydrogens (tertiary/aromatic N) is 1. The zero-order valence-corrected chi connectivity index (χ0v) is 13.9. The Morgan fingerprint density at radius 3 is 2.57 bits per heavy atom. The van der Waals surface area contributed by atoms with Crippen LogP contribution >= 0.6 is 27.3 Å². The molecule has 0 aliphatic carbocycles. The van der Waals surface area contributed by atoms with Gasteiger partial charge in [0, 0.05) is 16.7 Å². The van der Waals surface area contributed by atoms with Crippen molar-refractivity contribution in [3.63, 3.8) is 0 Å². The number of hydrogen-bond acceptors (Lipinski definition) is 2. The van der Waals surface area contributed by atoms with Crippen LogP contribution in [0.1, 0.15) is 16.6 Å². The van der Waals surface area contributed by atoms with Crippen molar-refractivity contribution in [2.24, 2.45) is 0 Å². The van der Waals surface area contributed by atoms with Crippen LogP contribution in [0.2, 0.25) is 0 Å². The molecule has 1 amide bonds. The molecule has 0 bridgehead atoms. The summed E-state index contributed by atoms with van der Waals surface area (Å²) in [6.07, 6.45) is 0. The number of carbonyl (C=O) groups excluding carboxylic acids is 1. The minimum atomic E-state index is 0.0367. The first-order valence-electron chi connectivity index (χ1n) is 6.74. The van der Waals surface area contributed by atoms with Gasteiger partial charge in [-0.15, -0.1) is 11.3 Å². The van der Waals surface area contributed by atoms with Gasteiger partial charge in [0.15, 0.2) is 0 Å². The standard InChI is InChI=1S/C17H14BrNOS/c1-2-19(17(20)16-15(18)9-10-21-16)14-8-7-12-5-3-4-6-13(12)11-14/h3-11H,2H2,1H3. The third-order valence-corrected chi connectivity index (χ3v) is 5.24. The van der Waals surface area contributed by atoms with E-state index in [1.165, 1.54) is 16.7 Å². The average Bonchev–Trinajstić information content (AvgIpc) is 2.94. The van der Waals surface area contributed by atoms with E-state index in [-0.39, 0.29) is 5.91 Å². The predicted octanol–water partition coefficient (Wildman–Crippen LogP) is 5.33. The highest BCUT2D eigenvalue weighted by atomic mass is 79.9. The zero-order chi connectivity index (χ0) is 14.8. The van der Waals surface area contributed by atoms with Gasteiger partial charge < -0.3 is 4.90 Å². The molecule has 1 aromatic heterocycles. The van der Waals surface area contributed by atoms with Crippen LogP contribution in [0.5, 0.6) is 0 Å². The molecule has 3 aromatic rings. The van der Waals surface area contributed by atoms with Crippen LogP contribution in [-0.4, -0.2) is 12.5 Å². The summed E-state index contributed by atoms with van der Waals surface area (Å²) in [6, 6.07) is 16.2. The lowest BCUT2D eigenvalue weighted by Crippen LogP contribution is -2.30. The van der Waals surface area contributed by atoms with Gasteiger partial charge in [-0.25, -0.2) is 0 Å². The minimum absolute atomic E-state index is 0.0367. The lowest BCUT2D eigenvalue weighted by atomic mass is 10.1. The van der Waals surface area contributed by atoms with Crippen molar-refractivity contribution in [2.75, 3.05) is 11.4 Å². The highest BCUT2D eigenvalue weighted by Crippen LogP contribution is 2.28. The topological polar surface area (TPSA) is 20.3 Å². The second-order valence-corrected chi connectivity index (χ2v) is 6.45. The normalized spacial score (nSPS) is 10.8. The van der Waals surface area contributed by atoms with Gasteiger partial charge in [0.25, 0.3) is 5.91 Å². The lowest BCUT2D eigenvalue weighted by Gasteiger charge is -2.21. The van der Waals surface area contributed by atoms with Crippen molar-refractivity contribution in [3.8, 4) is 0 Å². The summed E-state index contributed by atoms with van der Waals surface area (Å²) in [7, 11) is 0. The summed E-state index contributed by atoms with van der Waals surface area (Å²) in [5.41, 5.74) is 0.932. The van der Waals surface area contributed by atoms with E-state index < -0.39 is 0 Å². The number of fused-ring (bicyclic) bond motifs is 1. The Morgan fingerprint density at radius 1 is 1.14 bits per heavy atom. The number of rotatable bonds is 3. The van der Waals surface area contributed by atoms with Gasteiger partial charge in [-0.2, -0.15) is 0 Å². The molecule has 0 unspecified atom stereocenters. The van der Waals surface area contributed by atoms with E-state index in [0.717, 1.165) is 20.4 Å². The van der Waals surface area contributed by atoms with E-state index in [1.54, 1.807) is 0 Å². The molecule has 0 aliphatic rings. The number of halogens is 1. The monoisotopic (exact) mass is 359 g/mol. The molecule has 0 spiro atoms. The highest BCUT2D eigenvalue weighted by molar-refractivity contribution is 9.10. The Balaban J connectivity index is 2.02. The molecule has 0 saturated heterocycles. The molecule has 21 heavy (non-hydrogen) atoms. The maximum atomic E-state index is 12.7. The van der Waals surface area contributed by atoms with Gasteiger partial charge >= 0.3 is 0 Å². The maximum absolute atomic E-state index is 12.7. The molecule has 0 saturated carbocycles. The van der Waals surface area contributed by atoms with E-state index in [9.17, 15) is 4.79 Å². The van der Waals surface area contributed by atoms with Gasteiger partial charge in [-0.1, -0.05) is 30.3 Å². The fourth-order valence-corrected chi connectivity index (χ4v) is 3.85. The fraction of sp³-hybridized carbons (Fsp3) is 0.118. The van der Waals surface area contributed by atoms with Crippen molar-refractivity contribution in [1.29, 1.82) is 0 Å². The van der Waals surface area contributed by atoms with E-state index >= 15 is 0 Å². The first-order valence-corrected chi connectivity index (χ1v) is 8.41. The van der Waals surface area contributed by atoms with Gasteiger partial charge in [0.05, 0.1) is 0 Å². The van der Waals surface area contributed by atoms with Crippen LogP contribution < -0.4 is 4.90 Å². The maximum Gasteiger partial charge on any atom is 0.269 e. The predicted molar refractivity (Wildman–Crippen MR) is 93.3 cm³/mol. The second kappa shape index (κ2) is 6.00. The van der Waals surface area contributed by atoms with Crippen molar-refractivity contribution in [3.05, 3.63) is 63.3 Å². The van der Waals surface area contributed by atoms with Crippen molar-refractivity contribution in [1.82, 2.24) is 0 Å². The molecule has 2 aromatic carbocycles. The molecule has 0 N–H and O–H groups in total. The van der Waals surface area contributed by atoms with E-state index in [0.29, 0.717) is 6.54 Å². The summed E-state index contributed by atoms with van der Waals surface area (Å²) in [5.74, 6) is 0.0367. The van der Waals surface area contributed by atoms with Crippen molar-refractivity contribution in [2.45, 2.75) is 6.92 Å². The average molecular weight is 360 g/mol. The molecule has 3 rings (SSSR count). The van der Waals surface area contributed by atoms with Crippen LogP contribution in [0.15, 0.2) is 58.4 Å². The van der Waals surface area contributed by atoms with Crippen LogP contribution in [0.25, 0.3) is 10.8 Å². The largest absolute Gasteiger partial charge is 0.308 e. The van der Waals surface area contributed by atoms with Crippen LogP contribution in [-0.2, 0) is 0 Å². The van der Waals surface area contributed by atoms with Crippen LogP contribution in [0, 0.1) is 0 Å². The van der Waals surface area contributed by atoms with E-state index in [4.69, 9.17) is 0 Å². The molecule has 4 heteroatoms. The van der Waals surface area contributed by atoms with Crippen molar-refractivity contribution < 1.29 is 4.79 Å². The summed E-state index contributed by atoms with van der Waals surface area (Å²) in [4.78, 5) is 15.3. The highest BCUT2D eigenvalue weighted by Gasteiger charge is 2.19. The smallest absolute Gasteiger partial charge is 0.269 e. The van der Waals surface area contributed by atoms with Gasteiger partial charge in [0.2, 0.25) is 0 Å². The molecule has 0 aliphatic heterocycles. The quantitative estimate of drug-likeness (QED) is 0.618. The number of anilines is 1. The minimum Gasteiger partial charge on any atom is -0.308 e. The first-order chi connectivity index (χ1) is 10.2. The molecule has 2 nitrogen and oxygen atoms in total. The van der Waals surface area contributed by atoms with Crippen molar-refractivity contribution >= 4 is 49.6 Å². The summed E-state index contributed by atoms with van der Waals surface area (Å²) >= 11 is 4.90. The Labute approximate surface area is 136 Å². The molecule has 0 radical (unpaired) electrons. The third-order valence-electron chi connectivity index (χ3n) is 3.42. The summed E-state index contributed by atoms with van der Waals surface area (Å²) in [6.45, 7) is 2.64.